The van der Waals surface area contributed by atoms with E-state index in [0.717, 1.165) is 44.7 Å². The summed E-state index contributed by atoms with van der Waals surface area (Å²) < 4.78 is 11.1. The molecule has 2 heterocycles. The summed E-state index contributed by atoms with van der Waals surface area (Å²) in [6, 6.07) is 4.32. The monoisotopic (exact) mass is 332 g/mol. The molecule has 0 saturated carbocycles. The van der Waals surface area contributed by atoms with Gasteiger partial charge in [0, 0.05) is 30.4 Å². The Hall–Kier alpha value is -1.91. The molecule has 2 aliphatic rings. The average Bonchev–Trinajstić information content (AvgIpc) is 2.88. The standard InChI is InChI=1S/C19H28N2O3/c1-13(20-18(22)24-19(2,3)4)12-21-10-9-14-7-8-16-15(17(14)21)6-5-11-23-16/h7-8,13H,5-6,9-12H2,1-4H3,(H,20,22). The molecular weight excluding hydrogens is 304 g/mol. The molecule has 1 aromatic carbocycles. The zero-order chi connectivity index (χ0) is 17.3. The molecular formula is C19H28N2O3. The number of benzene rings is 1. The van der Waals surface area contributed by atoms with Crippen molar-refractivity contribution in [2.45, 2.75) is 58.6 Å². The number of carbonyl (C=O) groups is 1. The number of amides is 1. The van der Waals surface area contributed by atoms with Crippen molar-refractivity contribution in [1.82, 2.24) is 5.32 Å². The van der Waals surface area contributed by atoms with Crippen LogP contribution in [-0.4, -0.2) is 37.4 Å². The van der Waals surface area contributed by atoms with E-state index in [1.807, 2.05) is 27.7 Å². The third-order valence-corrected chi connectivity index (χ3v) is 4.38. The van der Waals surface area contributed by atoms with Gasteiger partial charge in [-0.3, -0.25) is 0 Å². The van der Waals surface area contributed by atoms with Crippen LogP contribution >= 0.6 is 0 Å². The minimum Gasteiger partial charge on any atom is -0.493 e. The fourth-order valence-electron chi connectivity index (χ4n) is 3.50. The summed E-state index contributed by atoms with van der Waals surface area (Å²) >= 11 is 0. The van der Waals surface area contributed by atoms with Crippen LogP contribution in [-0.2, 0) is 17.6 Å². The van der Waals surface area contributed by atoms with Gasteiger partial charge in [0.15, 0.2) is 0 Å². The molecule has 0 bridgehead atoms. The molecule has 5 heteroatoms. The number of anilines is 1. The number of hydrogen-bond donors (Lipinski definition) is 1. The molecule has 5 nitrogen and oxygen atoms in total. The quantitative estimate of drug-likeness (QED) is 0.923. The van der Waals surface area contributed by atoms with Gasteiger partial charge in [-0.1, -0.05) is 6.07 Å². The second-order valence-electron chi connectivity index (χ2n) is 7.75. The lowest BCUT2D eigenvalue weighted by molar-refractivity contribution is 0.0510. The van der Waals surface area contributed by atoms with Gasteiger partial charge < -0.3 is 19.7 Å². The van der Waals surface area contributed by atoms with Crippen LogP contribution in [0.2, 0.25) is 0 Å². The Morgan fingerprint density at radius 1 is 1.38 bits per heavy atom. The first kappa shape index (κ1) is 16.9. The first-order valence-electron chi connectivity index (χ1n) is 8.85. The van der Waals surface area contributed by atoms with E-state index in [1.54, 1.807) is 0 Å². The number of ether oxygens (including phenoxy) is 2. The number of rotatable bonds is 3. The van der Waals surface area contributed by atoms with Crippen molar-refractivity contribution in [2.75, 3.05) is 24.6 Å². The molecule has 0 fully saturated rings. The number of alkyl carbamates (subject to hydrolysis) is 1. The normalized spacial score (nSPS) is 17.6. The Bertz CT molecular complexity index is 622. The van der Waals surface area contributed by atoms with Crippen molar-refractivity contribution >= 4 is 11.8 Å². The molecule has 24 heavy (non-hydrogen) atoms. The molecule has 1 atom stereocenters. The fourth-order valence-corrected chi connectivity index (χ4v) is 3.50. The van der Waals surface area contributed by atoms with Crippen molar-refractivity contribution in [3.05, 3.63) is 23.3 Å². The number of hydrogen-bond acceptors (Lipinski definition) is 4. The van der Waals surface area contributed by atoms with E-state index in [0.29, 0.717) is 0 Å². The molecule has 0 radical (unpaired) electrons. The topological polar surface area (TPSA) is 50.8 Å². The highest BCUT2D eigenvalue weighted by atomic mass is 16.6. The summed E-state index contributed by atoms with van der Waals surface area (Å²) in [6.45, 7) is 10.2. The average molecular weight is 332 g/mol. The van der Waals surface area contributed by atoms with Gasteiger partial charge in [-0.25, -0.2) is 4.79 Å². The molecule has 1 unspecified atom stereocenters. The third kappa shape index (κ3) is 3.77. The molecule has 0 aromatic heterocycles. The summed E-state index contributed by atoms with van der Waals surface area (Å²) in [5, 5.41) is 2.94. The zero-order valence-corrected chi connectivity index (χ0v) is 15.1. The minimum atomic E-state index is -0.472. The van der Waals surface area contributed by atoms with Crippen molar-refractivity contribution in [1.29, 1.82) is 0 Å². The van der Waals surface area contributed by atoms with Crippen molar-refractivity contribution in [2.24, 2.45) is 0 Å². The van der Waals surface area contributed by atoms with Crippen LogP contribution in [0.1, 0.15) is 45.2 Å². The summed E-state index contributed by atoms with van der Waals surface area (Å²) in [7, 11) is 0. The Morgan fingerprint density at radius 2 is 2.17 bits per heavy atom. The van der Waals surface area contributed by atoms with Gasteiger partial charge in [-0.05, 0) is 58.6 Å². The number of fused-ring (bicyclic) bond motifs is 3. The maximum atomic E-state index is 11.9. The lowest BCUT2D eigenvalue weighted by Gasteiger charge is -2.29. The van der Waals surface area contributed by atoms with Crippen LogP contribution in [0.25, 0.3) is 0 Å². The lowest BCUT2D eigenvalue weighted by atomic mass is 10.00. The van der Waals surface area contributed by atoms with E-state index in [1.165, 1.54) is 16.8 Å². The first-order chi connectivity index (χ1) is 11.3. The van der Waals surface area contributed by atoms with E-state index >= 15 is 0 Å². The van der Waals surface area contributed by atoms with Gasteiger partial charge in [-0.2, -0.15) is 0 Å². The van der Waals surface area contributed by atoms with Crippen molar-refractivity contribution in [3.8, 4) is 5.75 Å². The highest BCUT2D eigenvalue weighted by Crippen LogP contribution is 2.39. The van der Waals surface area contributed by atoms with Gasteiger partial charge in [0.2, 0.25) is 0 Å². The van der Waals surface area contributed by atoms with Crippen LogP contribution in [0.4, 0.5) is 10.5 Å². The number of nitrogens with one attached hydrogen (secondary N) is 1. The number of carbonyl (C=O) groups excluding carboxylic acids is 1. The maximum Gasteiger partial charge on any atom is 0.407 e. The summed E-state index contributed by atoms with van der Waals surface area (Å²) in [5.41, 5.74) is 3.58. The van der Waals surface area contributed by atoms with Crippen LogP contribution in [0.3, 0.4) is 0 Å². The van der Waals surface area contributed by atoms with E-state index in [2.05, 4.69) is 22.3 Å². The van der Waals surface area contributed by atoms with Gasteiger partial charge in [0.1, 0.15) is 11.4 Å². The number of nitrogens with zero attached hydrogens (tertiary/aromatic N) is 1. The molecule has 0 aliphatic carbocycles. The molecule has 2 aliphatic heterocycles. The molecule has 0 saturated heterocycles. The summed E-state index contributed by atoms with van der Waals surface area (Å²) in [5.74, 6) is 1.03. The van der Waals surface area contributed by atoms with Crippen molar-refractivity contribution in [3.63, 3.8) is 0 Å². The van der Waals surface area contributed by atoms with E-state index in [4.69, 9.17) is 9.47 Å². The Balaban J connectivity index is 1.67. The molecule has 132 valence electrons. The fraction of sp³-hybridized carbons (Fsp3) is 0.632. The van der Waals surface area contributed by atoms with Crippen LogP contribution < -0.4 is 15.0 Å². The van der Waals surface area contributed by atoms with E-state index in [9.17, 15) is 4.79 Å². The summed E-state index contributed by atoms with van der Waals surface area (Å²) in [4.78, 5) is 14.3. The second-order valence-corrected chi connectivity index (χ2v) is 7.75. The van der Waals surface area contributed by atoms with Gasteiger partial charge in [-0.15, -0.1) is 0 Å². The maximum absolute atomic E-state index is 11.9. The molecule has 1 N–H and O–H groups in total. The predicted molar refractivity (Wildman–Crippen MR) is 95.0 cm³/mol. The van der Waals surface area contributed by atoms with Crippen LogP contribution in [0, 0.1) is 0 Å². The van der Waals surface area contributed by atoms with E-state index < -0.39 is 5.60 Å². The van der Waals surface area contributed by atoms with Gasteiger partial charge in [0.25, 0.3) is 0 Å². The Morgan fingerprint density at radius 3 is 2.92 bits per heavy atom. The largest absolute Gasteiger partial charge is 0.493 e. The molecule has 1 aromatic rings. The second kappa shape index (κ2) is 6.54. The highest BCUT2D eigenvalue weighted by Gasteiger charge is 2.28. The Labute approximate surface area is 144 Å². The van der Waals surface area contributed by atoms with E-state index in [-0.39, 0.29) is 12.1 Å². The third-order valence-electron chi connectivity index (χ3n) is 4.38. The smallest absolute Gasteiger partial charge is 0.407 e. The molecule has 3 rings (SSSR count). The molecule has 1 amide bonds. The van der Waals surface area contributed by atoms with Crippen LogP contribution in [0.5, 0.6) is 5.75 Å². The van der Waals surface area contributed by atoms with Crippen molar-refractivity contribution < 1.29 is 14.3 Å². The first-order valence-corrected chi connectivity index (χ1v) is 8.85. The highest BCUT2D eigenvalue weighted by molar-refractivity contribution is 5.70. The molecule has 0 spiro atoms. The van der Waals surface area contributed by atoms with Gasteiger partial charge >= 0.3 is 6.09 Å². The summed E-state index contributed by atoms with van der Waals surface area (Å²) in [6.07, 6.45) is 2.85. The zero-order valence-electron chi connectivity index (χ0n) is 15.1. The Kier molecular flexibility index (Phi) is 4.61. The predicted octanol–water partition coefficient (Wildman–Crippen LogP) is 3.29. The van der Waals surface area contributed by atoms with Crippen LogP contribution in [0.15, 0.2) is 12.1 Å². The SMILES string of the molecule is CC(CN1CCc2ccc3c(c21)CCCO3)NC(=O)OC(C)(C)C. The van der Waals surface area contributed by atoms with Gasteiger partial charge in [0.05, 0.1) is 6.61 Å². The lowest BCUT2D eigenvalue weighted by Crippen LogP contribution is -2.44. The minimum absolute atomic E-state index is 0.0196.